The van der Waals surface area contributed by atoms with E-state index in [2.05, 4.69) is 15.3 Å². The van der Waals surface area contributed by atoms with Gasteiger partial charge < -0.3 is 15.4 Å². The van der Waals surface area contributed by atoms with E-state index in [1.54, 1.807) is 19.6 Å². The topological polar surface area (TPSA) is 60.9 Å². The molecule has 3 N–H and O–H groups in total. The van der Waals surface area contributed by atoms with Crippen LogP contribution in [-0.2, 0) is 0 Å². The molecule has 0 unspecified atom stereocenters. The first-order valence-corrected chi connectivity index (χ1v) is 3.15. The molecule has 1 heterocycles. The smallest absolute Gasteiger partial charge is 0.0922 e. The van der Waals surface area contributed by atoms with Crippen molar-refractivity contribution in [3.63, 3.8) is 0 Å². The maximum Gasteiger partial charge on any atom is 0.0922 e. The molecule has 0 aliphatic carbocycles. The van der Waals surface area contributed by atoms with E-state index < -0.39 is 0 Å². The zero-order valence-corrected chi connectivity index (χ0v) is 5.83. The van der Waals surface area contributed by atoms with Gasteiger partial charge in [0.25, 0.3) is 0 Å². The Bertz CT molecular complexity index is 169. The second-order valence-electron chi connectivity index (χ2n) is 2.03. The molecule has 1 aromatic heterocycles. The van der Waals surface area contributed by atoms with Crippen molar-refractivity contribution >= 4 is 0 Å². The van der Waals surface area contributed by atoms with Crippen LogP contribution in [0, 0.1) is 0 Å². The number of imidazole rings is 1. The normalized spacial score (nSPS) is 13.4. The first-order valence-electron chi connectivity index (χ1n) is 3.15. The van der Waals surface area contributed by atoms with Gasteiger partial charge in [0.1, 0.15) is 0 Å². The number of rotatable bonds is 3. The summed E-state index contributed by atoms with van der Waals surface area (Å²) in [6, 6.07) is -0.0255. The molecule has 0 aliphatic heterocycles. The third kappa shape index (κ3) is 1.34. The number of aliphatic hydroxyl groups is 1. The fourth-order valence-corrected chi connectivity index (χ4v) is 0.802. The van der Waals surface area contributed by atoms with Gasteiger partial charge >= 0.3 is 0 Å². The highest BCUT2D eigenvalue weighted by Gasteiger charge is 2.06. The Morgan fingerprint density at radius 3 is 3.10 bits per heavy atom. The average Bonchev–Trinajstić information content (AvgIpc) is 2.43. The van der Waals surface area contributed by atoms with Gasteiger partial charge in [0.2, 0.25) is 0 Å². The minimum atomic E-state index is -0.0255. The quantitative estimate of drug-likeness (QED) is 0.539. The largest absolute Gasteiger partial charge is 0.394 e. The van der Waals surface area contributed by atoms with Crippen molar-refractivity contribution in [2.75, 3.05) is 13.7 Å². The Morgan fingerprint density at radius 2 is 2.70 bits per heavy atom. The van der Waals surface area contributed by atoms with Gasteiger partial charge in [0, 0.05) is 6.20 Å². The van der Waals surface area contributed by atoms with E-state index in [1.807, 2.05) is 0 Å². The summed E-state index contributed by atoms with van der Waals surface area (Å²) in [5, 5.41) is 11.7. The number of aliphatic hydroxyl groups excluding tert-OH is 1. The maximum absolute atomic E-state index is 8.79. The molecule has 0 bridgehead atoms. The summed E-state index contributed by atoms with van der Waals surface area (Å²) < 4.78 is 0. The molecule has 0 saturated carbocycles. The molecule has 0 fully saturated rings. The average molecular weight is 141 g/mol. The van der Waals surface area contributed by atoms with Crippen molar-refractivity contribution < 1.29 is 5.11 Å². The molecular formula is C6H11N3O. The fraction of sp³-hybridized carbons (Fsp3) is 0.500. The number of hydrogen-bond acceptors (Lipinski definition) is 3. The third-order valence-corrected chi connectivity index (χ3v) is 1.43. The second kappa shape index (κ2) is 3.34. The third-order valence-electron chi connectivity index (χ3n) is 1.43. The van der Waals surface area contributed by atoms with Gasteiger partial charge in [-0.05, 0) is 7.05 Å². The lowest BCUT2D eigenvalue weighted by Crippen LogP contribution is -2.20. The molecule has 56 valence electrons. The fourth-order valence-electron chi connectivity index (χ4n) is 0.802. The van der Waals surface area contributed by atoms with Crippen LogP contribution in [0.3, 0.4) is 0 Å². The van der Waals surface area contributed by atoms with Crippen LogP contribution in [0.5, 0.6) is 0 Å². The highest BCUT2D eigenvalue weighted by atomic mass is 16.3. The zero-order valence-electron chi connectivity index (χ0n) is 5.83. The van der Waals surface area contributed by atoms with Crippen LogP contribution < -0.4 is 5.32 Å². The summed E-state index contributed by atoms with van der Waals surface area (Å²) in [7, 11) is 1.79. The Labute approximate surface area is 59.3 Å². The van der Waals surface area contributed by atoms with Gasteiger partial charge in [0.05, 0.1) is 24.7 Å². The SMILES string of the molecule is CN[C@@H](CO)c1cnc[nH]1. The molecule has 0 saturated heterocycles. The minimum absolute atomic E-state index is 0.0255. The molecular weight excluding hydrogens is 130 g/mol. The first-order chi connectivity index (χ1) is 4.88. The summed E-state index contributed by atoms with van der Waals surface area (Å²) in [4.78, 5) is 6.74. The molecule has 1 aromatic rings. The van der Waals surface area contributed by atoms with E-state index in [0.29, 0.717) is 0 Å². The van der Waals surface area contributed by atoms with Crippen LogP contribution in [0.15, 0.2) is 12.5 Å². The van der Waals surface area contributed by atoms with Gasteiger partial charge in [-0.2, -0.15) is 0 Å². The van der Waals surface area contributed by atoms with Crippen LogP contribution in [0.25, 0.3) is 0 Å². The molecule has 0 radical (unpaired) electrons. The van der Waals surface area contributed by atoms with E-state index in [9.17, 15) is 0 Å². The highest BCUT2D eigenvalue weighted by Crippen LogP contribution is 2.05. The van der Waals surface area contributed by atoms with Crippen molar-refractivity contribution in [3.8, 4) is 0 Å². The Kier molecular flexibility index (Phi) is 2.42. The molecule has 0 amide bonds. The number of nitrogens with zero attached hydrogens (tertiary/aromatic N) is 1. The standard InChI is InChI=1S/C6H11N3O/c1-7-6(3-10)5-2-8-4-9-5/h2,4,6-7,10H,3H2,1H3,(H,8,9)/t6-/m0/s1. The van der Waals surface area contributed by atoms with E-state index in [0.717, 1.165) is 5.69 Å². The molecule has 0 aromatic carbocycles. The predicted molar refractivity (Wildman–Crippen MR) is 37.5 cm³/mol. The van der Waals surface area contributed by atoms with Gasteiger partial charge in [-0.1, -0.05) is 0 Å². The Hall–Kier alpha value is -0.870. The number of aromatic nitrogens is 2. The predicted octanol–water partition coefficient (Wildman–Crippen LogP) is -0.338. The summed E-state index contributed by atoms with van der Waals surface area (Å²) in [6.07, 6.45) is 3.28. The number of nitrogens with one attached hydrogen (secondary N) is 2. The van der Waals surface area contributed by atoms with Gasteiger partial charge in [-0.3, -0.25) is 0 Å². The summed E-state index contributed by atoms with van der Waals surface area (Å²) in [6.45, 7) is 0.0820. The minimum Gasteiger partial charge on any atom is -0.394 e. The zero-order chi connectivity index (χ0) is 7.40. The van der Waals surface area contributed by atoms with E-state index >= 15 is 0 Å². The molecule has 0 spiro atoms. The Balaban J connectivity index is 2.64. The number of aromatic amines is 1. The monoisotopic (exact) mass is 141 g/mol. The van der Waals surface area contributed by atoms with Crippen molar-refractivity contribution in [2.45, 2.75) is 6.04 Å². The second-order valence-corrected chi connectivity index (χ2v) is 2.03. The summed E-state index contributed by atoms with van der Waals surface area (Å²) in [5.41, 5.74) is 0.907. The van der Waals surface area contributed by atoms with Crippen LogP contribution in [0.4, 0.5) is 0 Å². The van der Waals surface area contributed by atoms with Crippen molar-refractivity contribution in [1.82, 2.24) is 15.3 Å². The lowest BCUT2D eigenvalue weighted by molar-refractivity contribution is 0.249. The number of likely N-dealkylation sites (N-methyl/N-ethyl adjacent to an activating group) is 1. The molecule has 1 rings (SSSR count). The molecule has 4 heteroatoms. The van der Waals surface area contributed by atoms with Crippen molar-refractivity contribution in [3.05, 3.63) is 18.2 Å². The van der Waals surface area contributed by atoms with Crippen LogP contribution in [-0.4, -0.2) is 28.7 Å². The van der Waals surface area contributed by atoms with Crippen LogP contribution in [0.2, 0.25) is 0 Å². The van der Waals surface area contributed by atoms with Crippen molar-refractivity contribution in [1.29, 1.82) is 0 Å². The first kappa shape index (κ1) is 7.24. The van der Waals surface area contributed by atoms with E-state index in [4.69, 9.17) is 5.11 Å². The van der Waals surface area contributed by atoms with Gasteiger partial charge in [-0.15, -0.1) is 0 Å². The van der Waals surface area contributed by atoms with Crippen molar-refractivity contribution in [2.24, 2.45) is 0 Å². The van der Waals surface area contributed by atoms with Crippen LogP contribution in [0.1, 0.15) is 11.7 Å². The summed E-state index contributed by atoms with van der Waals surface area (Å²) >= 11 is 0. The number of H-pyrrole nitrogens is 1. The lowest BCUT2D eigenvalue weighted by Gasteiger charge is -2.08. The van der Waals surface area contributed by atoms with Gasteiger partial charge in [0.15, 0.2) is 0 Å². The lowest BCUT2D eigenvalue weighted by atomic mass is 10.2. The maximum atomic E-state index is 8.79. The van der Waals surface area contributed by atoms with Gasteiger partial charge in [-0.25, -0.2) is 4.98 Å². The summed E-state index contributed by atoms with van der Waals surface area (Å²) in [5.74, 6) is 0. The molecule has 1 atom stereocenters. The molecule has 10 heavy (non-hydrogen) atoms. The Morgan fingerprint density at radius 1 is 1.90 bits per heavy atom. The van der Waals surface area contributed by atoms with E-state index in [1.165, 1.54) is 0 Å². The molecule has 4 nitrogen and oxygen atoms in total. The van der Waals surface area contributed by atoms with Crippen LogP contribution >= 0.6 is 0 Å². The molecule has 0 aliphatic rings. The van der Waals surface area contributed by atoms with E-state index in [-0.39, 0.29) is 12.6 Å². The number of hydrogen-bond donors (Lipinski definition) is 3. The highest BCUT2D eigenvalue weighted by molar-refractivity contribution is 5.01.